The molecule has 1 aliphatic heterocycles. The van der Waals surface area contributed by atoms with Gasteiger partial charge in [0.25, 0.3) is 4.93 Å². The Bertz CT molecular complexity index is 456. The summed E-state index contributed by atoms with van der Waals surface area (Å²) in [7, 11) is -3.52. The molecular weight excluding hydrogens is 272 g/mol. The van der Waals surface area contributed by atoms with E-state index in [-0.39, 0.29) is 18.7 Å². The highest BCUT2D eigenvalue weighted by Crippen LogP contribution is 2.27. The number of carbonyl (C=O) groups is 1. The van der Waals surface area contributed by atoms with Gasteiger partial charge in [0.15, 0.2) is 9.84 Å². The van der Waals surface area contributed by atoms with Crippen molar-refractivity contribution in [2.24, 2.45) is 5.16 Å². The Morgan fingerprint density at radius 1 is 1.53 bits per heavy atom. The van der Waals surface area contributed by atoms with Crippen molar-refractivity contribution in [2.75, 3.05) is 12.3 Å². The van der Waals surface area contributed by atoms with Crippen LogP contribution in [0.1, 0.15) is 34.1 Å². The van der Waals surface area contributed by atoms with Gasteiger partial charge in [0.05, 0.1) is 12.3 Å². The lowest BCUT2D eigenvalue weighted by atomic mass is 10.2. The first kappa shape index (κ1) is 15.7. The van der Waals surface area contributed by atoms with Gasteiger partial charge >= 0.3 is 6.09 Å². The highest BCUT2D eigenvalue weighted by Gasteiger charge is 2.48. The van der Waals surface area contributed by atoms with E-state index < -0.39 is 26.5 Å². The minimum Gasteiger partial charge on any atom is -0.444 e. The van der Waals surface area contributed by atoms with Crippen molar-refractivity contribution in [3.8, 4) is 0 Å². The van der Waals surface area contributed by atoms with E-state index in [2.05, 4.69) is 10.5 Å². The molecule has 1 heterocycles. The van der Waals surface area contributed by atoms with Gasteiger partial charge in [0.2, 0.25) is 0 Å². The third-order valence-electron chi connectivity index (χ3n) is 2.54. The minimum atomic E-state index is -3.52. The maximum Gasteiger partial charge on any atom is 0.407 e. The zero-order chi connectivity index (χ0) is 14.7. The molecule has 0 radical (unpaired) electrons. The summed E-state index contributed by atoms with van der Waals surface area (Å²) < 4.78 is 29.1. The van der Waals surface area contributed by atoms with Crippen LogP contribution in [-0.4, -0.2) is 43.6 Å². The summed E-state index contributed by atoms with van der Waals surface area (Å²) in [5.74, 6) is -0.0909. The van der Waals surface area contributed by atoms with E-state index in [9.17, 15) is 13.2 Å². The van der Waals surface area contributed by atoms with Crippen molar-refractivity contribution < 1.29 is 22.8 Å². The first-order valence-electron chi connectivity index (χ1n) is 6.01. The van der Waals surface area contributed by atoms with E-state index in [1.54, 1.807) is 20.8 Å². The molecule has 8 heteroatoms. The summed E-state index contributed by atoms with van der Waals surface area (Å²) >= 11 is 0. The van der Waals surface area contributed by atoms with Gasteiger partial charge in [-0.25, -0.2) is 13.2 Å². The molecule has 1 amide bonds. The summed E-state index contributed by atoms with van der Waals surface area (Å²) in [4.78, 5) is 15.0. The van der Waals surface area contributed by atoms with Crippen LogP contribution in [0.2, 0.25) is 0 Å². The second-order valence-electron chi connectivity index (χ2n) is 5.25. The van der Waals surface area contributed by atoms with Crippen LogP contribution >= 0.6 is 0 Å². The maximum absolute atomic E-state index is 12.0. The van der Waals surface area contributed by atoms with Gasteiger partial charge in [-0.1, -0.05) is 12.1 Å². The van der Waals surface area contributed by atoms with Crippen LogP contribution in [0.25, 0.3) is 0 Å². The van der Waals surface area contributed by atoms with Crippen LogP contribution in [-0.2, 0) is 19.4 Å². The van der Waals surface area contributed by atoms with Crippen LogP contribution < -0.4 is 5.32 Å². The van der Waals surface area contributed by atoms with Crippen LogP contribution in [0.15, 0.2) is 5.16 Å². The number of rotatable bonds is 4. The predicted molar refractivity (Wildman–Crippen MR) is 70.6 cm³/mol. The van der Waals surface area contributed by atoms with Crippen LogP contribution in [0.3, 0.4) is 0 Å². The molecule has 7 nitrogen and oxygen atoms in total. The number of oxime groups is 1. The van der Waals surface area contributed by atoms with Crippen molar-refractivity contribution in [3.63, 3.8) is 0 Å². The average molecular weight is 292 g/mol. The summed E-state index contributed by atoms with van der Waals surface area (Å²) in [6, 6.07) is 0. The number of amides is 1. The molecule has 0 aromatic carbocycles. The molecule has 1 aliphatic rings. The monoisotopic (exact) mass is 292 g/mol. The van der Waals surface area contributed by atoms with E-state index in [4.69, 9.17) is 9.57 Å². The quantitative estimate of drug-likeness (QED) is 0.835. The van der Waals surface area contributed by atoms with E-state index in [1.165, 1.54) is 13.1 Å². The Hall–Kier alpha value is -1.31. The molecule has 19 heavy (non-hydrogen) atoms. The van der Waals surface area contributed by atoms with Crippen LogP contribution in [0, 0.1) is 0 Å². The smallest absolute Gasteiger partial charge is 0.407 e. The first-order chi connectivity index (χ1) is 8.62. The normalized spacial score (nSPS) is 22.9. The lowest BCUT2D eigenvalue weighted by molar-refractivity contribution is 0.0312. The van der Waals surface area contributed by atoms with Gasteiger partial charge in [-0.15, -0.1) is 0 Å². The second kappa shape index (κ2) is 5.36. The van der Waals surface area contributed by atoms with Crippen molar-refractivity contribution in [2.45, 2.75) is 44.6 Å². The van der Waals surface area contributed by atoms with Crippen molar-refractivity contribution in [1.29, 1.82) is 0 Å². The van der Waals surface area contributed by atoms with E-state index in [0.717, 1.165) is 0 Å². The molecule has 0 fully saturated rings. The van der Waals surface area contributed by atoms with Gasteiger partial charge < -0.3 is 14.9 Å². The first-order valence-corrected chi connectivity index (χ1v) is 7.66. The van der Waals surface area contributed by atoms with E-state index >= 15 is 0 Å². The second-order valence-corrected chi connectivity index (χ2v) is 7.80. The largest absolute Gasteiger partial charge is 0.444 e. The van der Waals surface area contributed by atoms with Gasteiger partial charge in [-0.05, 0) is 20.8 Å². The van der Waals surface area contributed by atoms with Gasteiger partial charge in [0, 0.05) is 12.6 Å². The fourth-order valence-corrected chi connectivity index (χ4v) is 2.83. The molecule has 0 spiro atoms. The average Bonchev–Trinajstić information content (AvgIpc) is 2.74. The molecule has 0 aromatic rings. The maximum atomic E-state index is 12.0. The number of hydrogen-bond acceptors (Lipinski definition) is 6. The lowest BCUT2D eigenvalue weighted by Crippen LogP contribution is -2.50. The number of hydrogen-bond donors (Lipinski definition) is 1. The van der Waals surface area contributed by atoms with Crippen molar-refractivity contribution in [1.82, 2.24) is 5.32 Å². The molecule has 1 rings (SSSR count). The molecular formula is C11H20N2O5S. The van der Waals surface area contributed by atoms with Gasteiger partial charge in [0.1, 0.15) is 5.60 Å². The lowest BCUT2D eigenvalue weighted by Gasteiger charge is -2.27. The zero-order valence-electron chi connectivity index (χ0n) is 11.6. The van der Waals surface area contributed by atoms with E-state index in [1.807, 2.05) is 0 Å². The molecule has 110 valence electrons. The Morgan fingerprint density at radius 3 is 2.58 bits per heavy atom. The highest BCUT2D eigenvalue weighted by atomic mass is 32.2. The van der Waals surface area contributed by atoms with Crippen LogP contribution in [0.5, 0.6) is 0 Å². The Balaban J connectivity index is 2.70. The Morgan fingerprint density at radius 2 is 2.16 bits per heavy atom. The molecule has 0 aliphatic carbocycles. The molecule has 1 N–H and O–H groups in total. The molecule has 1 unspecified atom stereocenters. The summed E-state index contributed by atoms with van der Waals surface area (Å²) in [5.41, 5.74) is -0.645. The summed E-state index contributed by atoms with van der Waals surface area (Å²) in [6.07, 6.45) is 0.803. The van der Waals surface area contributed by atoms with Gasteiger partial charge in [-0.2, -0.15) is 0 Å². The van der Waals surface area contributed by atoms with Crippen molar-refractivity contribution in [3.05, 3.63) is 0 Å². The summed E-state index contributed by atoms with van der Waals surface area (Å²) in [5, 5.41) is 5.92. The zero-order valence-corrected chi connectivity index (χ0v) is 12.4. The summed E-state index contributed by atoms with van der Waals surface area (Å²) in [6.45, 7) is 6.49. The number of sulfone groups is 1. The van der Waals surface area contributed by atoms with Crippen LogP contribution in [0.4, 0.5) is 4.79 Å². The molecule has 0 saturated heterocycles. The Labute approximate surface area is 113 Å². The number of ether oxygens (including phenoxy) is 1. The standard InChI is InChI=1S/C11H20N2O5S/c1-5-19(15,16)11(6-7-13-18-11)8-12-9(14)17-10(2,3)4/h7H,5-6,8H2,1-4H3,(H,12,14). The third kappa shape index (κ3) is 3.82. The topological polar surface area (TPSA) is 94.1 Å². The fourth-order valence-electron chi connectivity index (χ4n) is 1.53. The predicted octanol–water partition coefficient (Wildman–Crippen LogP) is 1.05. The Kier molecular flexibility index (Phi) is 4.44. The fraction of sp³-hybridized carbons (Fsp3) is 0.818. The minimum absolute atomic E-state index is 0.0909. The van der Waals surface area contributed by atoms with Crippen molar-refractivity contribution >= 4 is 22.1 Å². The SMILES string of the molecule is CCS(=O)(=O)C1(CNC(=O)OC(C)(C)C)CC=NO1. The third-order valence-corrected chi connectivity index (χ3v) is 4.82. The molecule has 1 atom stereocenters. The molecule has 0 saturated carbocycles. The number of carbonyl (C=O) groups excluding carboxylic acids is 1. The van der Waals surface area contributed by atoms with Gasteiger partial charge in [-0.3, -0.25) is 0 Å². The van der Waals surface area contributed by atoms with E-state index in [0.29, 0.717) is 0 Å². The number of nitrogens with zero attached hydrogens (tertiary/aromatic N) is 1. The number of alkyl carbamates (subject to hydrolysis) is 1. The highest BCUT2D eigenvalue weighted by molar-refractivity contribution is 7.92. The number of nitrogens with one attached hydrogen (secondary N) is 1. The molecule has 0 aromatic heterocycles. The molecule has 0 bridgehead atoms.